The number of anilines is 1. The molecule has 2 atom stereocenters. The Bertz CT molecular complexity index is 442. The lowest BCUT2D eigenvalue weighted by molar-refractivity contribution is 0.0712. The van der Waals surface area contributed by atoms with E-state index in [4.69, 9.17) is 4.74 Å². The minimum absolute atomic E-state index is 0.0333. The summed E-state index contributed by atoms with van der Waals surface area (Å²) in [5.74, 6) is 0.700. The van der Waals surface area contributed by atoms with Gasteiger partial charge in [-0.1, -0.05) is 0 Å². The molecule has 104 valence electrons. The Kier molecular flexibility index (Phi) is 4.37. The van der Waals surface area contributed by atoms with Gasteiger partial charge in [0.15, 0.2) is 0 Å². The Morgan fingerprint density at radius 2 is 2.37 bits per heavy atom. The predicted octanol–water partition coefficient (Wildman–Crippen LogP) is 1.44. The minimum atomic E-state index is -0.0755. The maximum atomic E-state index is 12.2. The van der Waals surface area contributed by atoms with E-state index in [-0.39, 0.29) is 18.1 Å². The first-order chi connectivity index (χ1) is 9.08. The second-order valence-electron chi connectivity index (χ2n) is 5.11. The number of pyridine rings is 1. The van der Waals surface area contributed by atoms with E-state index in [1.165, 1.54) is 0 Å². The van der Waals surface area contributed by atoms with E-state index in [1.807, 2.05) is 25.9 Å². The van der Waals surface area contributed by atoms with Crippen molar-refractivity contribution in [2.24, 2.45) is 0 Å². The zero-order valence-corrected chi connectivity index (χ0v) is 11.7. The molecule has 5 heteroatoms. The SMILES string of the molecule is C[C@H](NC(=O)c1ccnc(N(C)C)c1)[C@@H]1CCCO1. The van der Waals surface area contributed by atoms with Crippen LogP contribution in [0.3, 0.4) is 0 Å². The predicted molar refractivity (Wildman–Crippen MR) is 74.5 cm³/mol. The largest absolute Gasteiger partial charge is 0.376 e. The van der Waals surface area contributed by atoms with Crippen LogP contribution >= 0.6 is 0 Å². The lowest BCUT2D eigenvalue weighted by atomic mass is 10.1. The summed E-state index contributed by atoms with van der Waals surface area (Å²) in [6.07, 6.45) is 3.88. The third kappa shape index (κ3) is 3.44. The van der Waals surface area contributed by atoms with Gasteiger partial charge in [-0.15, -0.1) is 0 Å². The van der Waals surface area contributed by atoms with Gasteiger partial charge in [-0.3, -0.25) is 4.79 Å². The summed E-state index contributed by atoms with van der Waals surface area (Å²) in [4.78, 5) is 18.2. The van der Waals surface area contributed by atoms with Gasteiger partial charge in [-0.2, -0.15) is 0 Å². The summed E-state index contributed by atoms with van der Waals surface area (Å²) >= 11 is 0. The molecule has 1 fully saturated rings. The van der Waals surface area contributed by atoms with Crippen LogP contribution in [0.25, 0.3) is 0 Å². The van der Waals surface area contributed by atoms with Crippen molar-refractivity contribution in [3.8, 4) is 0 Å². The van der Waals surface area contributed by atoms with Crippen LogP contribution in [0, 0.1) is 0 Å². The van der Waals surface area contributed by atoms with Gasteiger partial charge < -0.3 is 15.0 Å². The molecule has 0 saturated carbocycles. The van der Waals surface area contributed by atoms with E-state index in [0.29, 0.717) is 5.56 Å². The fourth-order valence-corrected chi connectivity index (χ4v) is 2.18. The molecule has 1 aliphatic rings. The first-order valence-electron chi connectivity index (χ1n) is 6.64. The molecular weight excluding hydrogens is 242 g/mol. The van der Waals surface area contributed by atoms with Crippen molar-refractivity contribution in [2.45, 2.75) is 31.9 Å². The molecule has 1 aromatic rings. The number of carbonyl (C=O) groups excluding carboxylic acids is 1. The van der Waals surface area contributed by atoms with E-state index in [9.17, 15) is 4.79 Å². The van der Waals surface area contributed by atoms with Gasteiger partial charge >= 0.3 is 0 Å². The molecular formula is C14H21N3O2. The first kappa shape index (κ1) is 13.8. The summed E-state index contributed by atoms with van der Waals surface area (Å²) in [5.41, 5.74) is 0.628. The number of hydrogen-bond donors (Lipinski definition) is 1. The Morgan fingerprint density at radius 1 is 1.58 bits per heavy atom. The van der Waals surface area contributed by atoms with Gasteiger partial charge in [0.1, 0.15) is 5.82 Å². The maximum absolute atomic E-state index is 12.2. The fraction of sp³-hybridized carbons (Fsp3) is 0.571. The van der Waals surface area contributed by atoms with Crippen molar-refractivity contribution in [3.05, 3.63) is 23.9 Å². The number of nitrogens with zero attached hydrogens (tertiary/aromatic N) is 2. The number of rotatable bonds is 4. The minimum Gasteiger partial charge on any atom is -0.376 e. The number of carbonyl (C=O) groups is 1. The summed E-state index contributed by atoms with van der Waals surface area (Å²) in [6, 6.07) is 3.55. The van der Waals surface area contributed by atoms with Crippen LogP contribution in [0.15, 0.2) is 18.3 Å². The molecule has 0 aromatic carbocycles. The van der Waals surface area contributed by atoms with Gasteiger partial charge in [0.2, 0.25) is 0 Å². The quantitative estimate of drug-likeness (QED) is 0.893. The van der Waals surface area contributed by atoms with Gasteiger partial charge in [0.05, 0.1) is 12.1 Å². The first-order valence-corrected chi connectivity index (χ1v) is 6.64. The Balaban J connectivity index is 2.00. The van der Waals surface area contributed by atoms with E-state index >= 15 is 0 Å². The van der Waals surface area contributed by atoms with Crippen molar-refractivity contribution in [3.63, 3.8) is 0 Å². The molecule has 0 bridgehead atoms. The van der Waals surface area contributed by atoms with Crippen molar-refractivity contribution >= 4 is 11.7 Å². The lowest BCUT2D eigenvalue weighted by Gasteiger charge is -2.20. The van der Waals surface area contributed by atoms with Crippen molar-refractivity contribution < 1.29 is 9.53 Å². The second kappa shape index (κ2) is 6.02. The van der Waals surface area contributed by atoms with Crippen molar-refractivity contribution in [2.75, 3.05) is 25.6 Å². The molecule has 1 aromatic heterocycles. The van der Waals surface area contributed by atoms with Crippen LogP contribution in [0.1, 0.15) is 30.1 Å². The molecule has 0 aliphatic carbocycles. The zero-order chi connectivity index (χ0) is 13.8. The number of hydrogen-bond acceptors (Lipinski definition) is 4. The summed E-state index contributed by atoms with van der Waals surface area (Å²) in [7, 11) is 3.80. The third-order valence-electron chi connectivity index (χ3n) is 3.35. The summed E-state index contributed by atoms with van der Waals surface area (Å²) < 4.78 is 5.58. The third-order valence-corrected chi connectivity index (χ3v) is 3.35. The van der Waals surface area contributed by atoms with E-state index < -0.39 is 0 Å². The van der Waals surface area contributed by atoms with Gasteiger partial charge in [-0.25, -0.2) is 4.98 Å². The molecule has 1 saturated heterocycles. The highest BCUT2D eigenvalue weighted by Gasteiger charge is 2.24. The number of amides is 1. The number of ether oxygens (including phenoxy) is 1. The highest BCUT2D eigenvalue weighted by molar-refractivity contribution is 5.95. The molecule has 5 nitrogen and oxygen atoms in total. The molecule has 2 heterocycles. The molecule has 1 N–H and O–H groups in total. The van der Waals surface area contributed by atoms with Crippen molar-refractivity contribution in [1.29, 1.82) is 0 Å². The van der Waals surface area contributed by atoms with Gasteiger partial charge in [0, 0.05) is 32.5 Å². The summed E-state index contributed by atoms with van der Waals surface area (Å²) in [6.45, 7) is 2.78. The highest BCUT2D eigenvalue weighted by atomic mass is 16.5. The molecule has 0 unspecified atom stereocenters. The molecule has 2 rings (SSSR count). The Morgan fingerprint density at radius 3 is 3.00 bits per heavy atom. The summed E-state index contributed by atoms with van der Waals surface area (Å²) in [5, 5.41) is 2.99. The standard InChI is InChI=1S/C14H21N3O2/c1-10(12-5-4-8-19-12)16-14(18)11-6-7-15-13(9-11)17(2)3/h6-7,9-10,12H,4-5,8H2,1-3H3,(H,16,18)/t10-,12-/m0/s1. The van der Waals surface area contributed by atoms with Crippen molar-refractivity contribution in [1.82, 2.24) is 10.3 Å². The highest BCUT2D eigenvalue weighted by Crippen LogP contribution is 2.16. The normalized spacial score (nSPS) is 20.1. The van der Waals surface area contributed by atoms with E-state index in [0.717, 1.165) is 25.3 Å². The van der Waals surface area contributed by atoms with Crippen LogP contribution in [-0.4, -0.2) is 43.7 Å². The average molecular weight is 263 g/mol. The maximum Gasteiger partial charge on any atom is 0.251 e. The molecule has 19 heavy (non-hydrogen) atoms. The van der Waals surface area contributed by atoms with Gasteiger partial charge in [0.25, 0.3) is 5.91 Å². The van der Waals surface area contributed by atoms with Gasteiger partial charge in [-0.05, 0) is 31.9 Å². The second-order valence-corrected chi connectivity index (χ2v) is 5.11. The van der Waals surface area contributed by atoms with Crippen LogP contribution in [-0.2, 0) is 4.74 Å². The molecule has 0 radical (unpaired) electrons. The monoisotopic (exact) mass is 263 g/mol. The molecule has 1 aliphatic heterocycles. The fourth-order valence-electron chi connectivity index (χ4n) is 2.18. The van der Waals surface area contributed by atoms with Crippen LogP contribution in [0.2, 0.25) is 0 Å². The zero-order valence-electron chi connectivity index (χ0n) is 11.7. The smallest absolute Gasteiger partial charge is 0.251 e. The number of nitrogens with one attached hydrogen (secondary N) is 1. The molecule has 0 spiro atoms. The number of aromatic nitrogens is 1. The van der Waals surface area contributed by atoms with E-state index in [2.05, 4.69) is 10.3 Å². The van der Waals surface area contributed by atoms with E-state index in [1.54, 1.807) is 18.3 Å². The lowest BCUT2D eigenvalue weighted by Crippen LogP contribution is -2.40. The average Bonchev–Trinajstić information content (AvgIpc) is 2.92. The van der Waals surface area contributed by atoms with Crippen LogP contribution in [0.4, 0.5) is 5.82 Å². The molecule has 1 amide bonds. The Labute approximate surface area is 114 Å². The van der Waals surface area contributed by atoms with Crippen LogP contribution < -0.4 is 10.2 Å². The van der Waals surface area contributed by atoms with Crippen LogP contribution in [0.5, 0.6) is 0 Å². The Hall–Kier alpha value is -1.62. The topological polar surface area (TPSA) is 54.5 Å².